The number of likely N-dealkylation sites (tertiary alicyclic amines) is 1. The van der Waals surface area contributed by atoms with Crippen LogP contribution in [0.1, 0.15) is 29.0 Å². The van der Waals surface area contributed by atoms with Gasteiger partial charge in [-0.2, -0.15) is 0 Å². The summed E-state index contributed by atoms with van der Waals surface area (Å²) < 4.78 is 15.8. The minimum atomic E-state index is -0.212. The van der Waals surface area contributed by atoms with E-state index >= 15 is 0 Å². The molecule has 0 bridgehead atoms. The second-order valence-corrected chi connectivity index (χ2v) is 7.88. The fourth-order valence-corrected chi connectivity index (χ4v) is 4.15. The summed E-state index contributed by atoms with van der Waals surface area (Å²) in [6.07, 6.45) is 1.54. The van der Waals surface area contributed by atoms with E-state index in [4.69, 9.17) is 14.2 Å². The van der Waals surface area contributed by atoms with Gasteiger partial charge in [-0.05, 0) is 56.3 Å². The third-order valence-corrected chi connectivity index (χ3v) is 5.97. The first-order valence-corrected chi connectivity index (χ1v) is 10.6. The lowest BCUT2D eigenvalue weighted by Crippen LogP contribution is -2.36. The highest BCUT2D eigenvalue weighted by molar-refractivity contribution is 5.98. The summed E-state index contributed by atoms with van der Waals surface area (Å²) >= 11 is 0. The van der Waals surface area contributed by atoms with Gasteiger partial charge in [0.25, 0.3) is 5.56 Å². The summed E-state index contributed by atoms with van der Waals surface area (Å²) in [6, 6.07) is 10.6. The lowest BCUT2D eigenvalue weighted by molar-refractivity contribution is 0.0833. The number of ether oxygens (including phenoxy) is 3. The Morgan fingerprint density at radius 1 is 1.03 bits per heavy atom. The van der Waals surface area contributed by atoms with Crippen LogP contribution < -0.4 is 19.8 Å². The number of hydrogen-bond donors (Lipinski definition) is 1. The van der Waals surface area contributed by atoms with Gasteiger partial charge in [0.05, 0.1) is 38.8 Å². The Kier molecular flexibility index (Phi) is 6.41. The summed E-state index contributed by atoms with van der Waals surface area (Å²) in [5.74, 6) is 2.52. The summed E-state index contributed by atoms with van der Waals surface area (Å²) in [7, 11) is 4.69. The molecular weight excluding hydrogens is 410 g/mol. The van der Waals surface area contributed by atoms with Crippen molar-refractivity contribution in [2.75, 3.05) is 34.4 Å². The SMILES string of the molecule is COc1ccc(C(=O)C2CCN(Cc3nc4cc(OC)c(OC)cc4c(=O)[nH]3)CC2)cc1. The average Bonchev–Trinajstić information content (AvgIpc) is 2.83. The Bertz CT molecular complexity index is 1160. The van der Waals surface area contributed by atoms with Gasteiger partial charge in [0, 0.05) is 17.5 Å². The van der Waals surface area contributed by atoms with Gasteiger partial charge < -0.3 is 19.2 Å². The van der Waals surface area contributed by atoms with Crippen LogP contribution in [0.25, 0.3) is 10.9 Å². The van der Waals surface area contributed by atoms with E-state index < -0.39 is 0 Å². The maximum atomic E-state index is 12.8. The van der Waals surface area contributed by atoms with Crippen molar-refractivity contribution in [3.05, 3.63) is 58.1 Å². The number of aromatic nitrogens is 2. The Morgan fingerprint density at radius 3 is 2.31 bits per heavy atom. The van der Waals surface area contributed by atoms with Crippen LogP contribution in [0.4, 0.5) is 0 Å². The molecule has 0 amide bonds. The number of nitrogens with one attached hydrogen (secondary N) is 1. The summed E-state index contributed by atoms with van der Waals surface area (Å²) in [5.41, 5.74) is 1.07. The molecule has 1 N–H and O–H groups in total. The number of aromatic amines is 1. The lowest BCUT2D eigenvalue weighted by Gasteiger charge is -2.30. The van der Waals surface area contributed by atoms with E-state index in [1.54, 1.807) is 26.4 Å². The predicted octanol–water partition coefficient (Wildman–Crippen LogP) is 3.04. The molecule has 0 unspecified atom stereocenters. The van der Waals surface area contributed by atoms with E-state index in [0.717, 1.165) is 31.7 Å². The molecule has 1 aromatic heterocycles. The number of rotatable bonds is 7. The molecule has 0 saturated carbocycles. The molecule has 0 spiro atoms. The van der Waals surface area contributed by atoms with Gasteiger partial charge in [0.1, 0.15) is 11.6 Å². The number of ketones is 1. The number of carbonyl (C=O) groups is 1. The fraction of sp³-hybridized carbons (Fsp3) is 0.375. The number of benzene rings is 2. The predicted molar refractivity (Wildman–Crippen MR) is 121 cm³/mol. The standard InChI is InChI=1S/C24H27N3O5/c1-30-17-6-4-15(5-7-17)23(28)16-8-10-27(11-9-16)14-22-25-19-13-21(32-3)20(31-2)12-18(19)24(29)26-22/h4-7,12-13,16H,8-11,14H2,1-3H3,(H,25,26,29). The number of methoxy groups -OCH3 is 3. The molecule has 1 fully saturated rings. The largest absolute Gasteiger partial charge is 0.497 e. The number of Topliss-reactive ketones (excluding diaryl/α,β-unsaturated/α-hetero) is 1. The fourth-order valence-electron chi connectivity index (χ4n) is 4.15. The van der Waals surface area contributed by atoms with E-state index in [-0.39, 0.29) is 17.3 Å². The normalized spacial score (nSPS) is 15.0. The van der Waals surface area contributed by atoms with Crippen LogP contribution in [0, 0.1) is 5.92 Å². The number of hydrogen-bond acceptors (Lipinski definition) is 7. The molecule has 2 aromatic carbocycles. The van der Waals surface area contributed by atoms with E-state index in [1.807, 2.05) is 24.3 Å². The molecule has 0 atom stereocenters. The van der Waals surface area contributed by atoms with Crippen LogP contribution in [0.2, 0.25) is 0 Å². The zero-order valence-corrected chi connectivity index (χ0v) is 18.5. The van der Waals surface area contributed by atoms with Gasteiger partial charge in [0.2, 0.25) is 0 Å². The highest BCUT2D eigenvalue weighted by atomic mass is 16.5. The zero-order valence-electron chi connectivity index (χ0n) is 18.5. The van der Waals surface area contributed by atoms with Crippen molar-refractivity contribution in [1.29, 1.82) is 0 Å². The molecule has 1 aliphatic heterocycles. The van der Waals surface area contributed by atoms with E-state index in [9.17, 15) is 9.59 Å². The molecule has 0 radical (unpaired) electrons. The maximum absolute atomic E-state index is 12.8. The Labute approximate surface area is 186 Å². The molecule has 4 rings (SSSR count). The first-order valence-electron chi connectivity index (χ1n) is 10.6. The van der Waals surface area contributed by atoms with Crippen LogP contribution in [0.5, 0.6) is 17.2 Å². The number of piperidine rings is 1. The van der Waals surface area contributed by atoms with E-state index in [2.05, 4.69) is 14.9 Å². The van der Waals surface area contributed by atoms with E-state index in [0.29, 0.717) is 40.3 Å². The highest BCUT2D eigenvalue weighted by Gasteiger charge is 2.26. The quantitative estimate of drug-likeness (QED) is 0.568. The van der Waals surface area contributed by atoms with Crippen molar-refractivity contribution in [3.63, 3.8) is 0 Å². The highest BCUT2D eigenvalue weighted by Crippen LogP contribution is 2.30. The molecule has 168 valence electrons. The van der Waals surface area contributed by atoms with Crippen LogP contribution in [-0.4, -0.2) is 55.1 Å². The Balaban J connectivity index is 1.43. The van der Waals surface area contributed by atoms with Crippen molar-refractivity contribution in [3.8, 4) is 17.2 Å². The van der Waals surface area contributed by atoms with Crippen LogP contribution in [-0.2, 0) is 6.54 Å². The van der Waals surface area contributed by atoms with Gasteiger partial charge in [-0.15, -0.1) is 0 Å². The first-order chi connectivity index (χ1) is 15.5. The molecule has 3 aromatic rings. The minimum absolute atomic E-state index is 0.0000161. The maximum Gasteiger partial charge on any atom is 0.258 e. The molecule has 8 nitrogen and oxygen atoms in total. The third-order valence-electron chi connectivity index (χ3n) is 5.97. The first kappa shape index (κ1) is 21.8. The zero-order chi connectivity index (χ0) is 22.7. The van der Waals surface area contributed by atoms with Gasteiger partial charge in [-0.1, -0.05) is 0 Å². The van der Waals surface area contributed by atoms with Crippen molar-refractivity contribution < 1.29 is 19.0 Å². The number of H-pyrrole nitrogens is 1. The van der Waals surface area contributed by atoms with Crippen molar-refractivity contribution >= 4 is 16.7 Å². The van der Waals surface area contributed by atoms with E-state index in [1.165, 1.54) is 7.11 Å². The molecule has 8 heteroatoms. The second-order valence-electron chi connectivity index (χ2n) is 7.88. The van der Waals surface area contributed by atoms with Crippen molar-refractivity contribution in [1.82, 2.24) is 14.9 Å². The van der Waals surface area contributed by atoms with Crippen molar-refractivity contribution in [2.45, 2.75) is 19.4 Å². The average molecular weight is 437 g/mol. The molecule has 0 aliphatic carbocycles. The lowest BCUT2D eigenvalue weighted by atomic mass is 9.89. The third kappa shape index (κ3) is 4.45. The number of carbonyl (C=O) groups excluding carboxylic acids is 1. The Hall–Kier alpha value is -3.39. The summed E-state index contributed by atoms with van der Waals surface area (Å²) in [5, 5.41) is 0.454. The minimum Gasteiger partial charge on any atom is -0.497 e. The molecule has 1 aliphatic rings. The van der Waals surface area contributed by atoms with Gasteiger partial charge in [0.15, 0.2) is 17.3 Å². The van der Waals surface area contributed by atoms with Crippen molar-refractivity contribution in [2.24, 2.45) is 5.92 Å². The summed E-state index contributed by atoms with van der Waals surface area (Å²) in [6.45, 7) is 2.05. The monoisotopic (exact) mass is 437 g/mol. The van der Waals surface area contributed by atoms with Gasteiger partial charge in [-0.25, -0.2) is 4.98 Å². The summed E-state index contributed by atoms with van der Waals surface area (Å²) in [4.78, 5) is 35.1. The van der Waals surface area contributed by atoms with Gasteiger partial charge >= 0.3 is 0 Å². The number of nitrogens with zero attached hydrogens (tertiary/aromatic N) is 2. The molecule has 1 saturated heterocycles. The van der Waals surface area contributed by atoms with Gasteiger partial charge in [-0.3, -0.25) is 14.5 Å². The smallest absolute Gasteiger partial charge is 0.258 e. The topological polar surface area (TPSA) is 93.8 Å². The number of fused-ring (bicyclic) bond motifs is 1. The molecule has 2 heterocycles. The van der Waals surface area contributed by atoms with Crippen LogP contribution >= 0.6 is 0 Å². The second kappa shape index (κ2) is 9.40. The molecular formula is C24H27N3O5. The Morgan fingerprint density at radius 2 is 1.69 bits per heavy atom. The molecule has 32 heavy (non-hydrogen) atoms. The van der Waals surface area contributed by atoms with Crippen LogP contribution in [0.3, 0.4) is 0 Å². The van der Waals surface area contributed by atoms with Crippen LogP contribution in [0.15, 0.2) is 41.2 Å².